The van der Waals surface area contributed by atoms with Crippen molar-refractivity contribution in [1.29, 1.82) is 0 Å². The molecule has 2 atom stereocenters. The highest BCUT2D eigenvalue weighted by Crippen LogP contribution is 2.30. The maximum absolute atomic E-state index is 12.3. The van der Waals surface area contributed by atoms with Gasteiger partial charge in [0.05, 0.1) is 138 Å². The Morgan fingerprint density at radius 2 is 0.750 bits per heavy atom. The van der Waals surface area contributed by atoms with E-state index in [9.17, 15) is 69.8 Å². The smallest absolute Gasteiger partial charge is 0.327 e. The van der Waals surface area contributed by atoms with Gasteiger partial charge in [-0.25, -0.2) is 9.59 Å². The van der Waals surface area contributed by atoms with E-state index in [-0.39, 0.29) is 155 Å². The number of carbonyl (C=O) groups is 4. The second-order valence-corrected chi connectivity index (χ2v) is 16.7. The van der Waals surface area contributed by atoms with E-state index in [4.69, 9.17) is 37.9 Å². The van der Waals surface area contributed by atoms with Crippen molar-refractivity contribution in [3.8, 4) is 0 Å². The van der Waals surface area contributed by atoms with E-state index in [1.807, 2.05) is 0 Å². The number of benzene rings is 2. The van der Waals surface area contributed by atoms with Gasteiger partial charge in [-0.05, 0) is 12.1 Å². The normalized spacial score (nSPS) is 11.8. The molecule has 32 heteroatoms. The number of non-ortho nitro benzene ring substituents is 2. The fraction of sp³-hybridized carbons (Fsp3) is 0.600. The number of amides is 2. The van der Waals surface area contributed by atoms with Gasteiger partial charge in [0.1, 0.15) is 23.5 Å². The fourth-order valence-corrected chi connectivity index (χ4v) is 7.66. The third-order valence-electron chi connectivity index (χ3n) is 8.90. The van der Waals surface area contributed by atoms with Gasteiger partial charge in [0.2, 0.25) is 11.8 Å². The van der Waals surface area contributed by atoms with E-state index < -0.39 is 78.3 Å². The lowest BCUT2D eigenvalue weighted by molar-refractivity contribution is -0.393. The molecular formula is C40H58N8O22S2. The van der Waals surface area contributed by atoms with E-state index in [1.165, 1.54) is 12.1 Å². The van der Waals surface area contributed by atoms with Crippen LogP contribution in [0, 0.1) is 40.5 Å². The highest BCUT2D eigenvalue weighted by atomic mass is 33.1. The first-order valence-corrected chi connectivity index (χ1v) is 24.3. The van der Waals surface area contributed by atoms with Crippen LogP contribution in [-0.2, 0) is 57.1 Å². The Bertz CT molecular complexity index is 1890. The molecule has 72 heavy (non-hydrogen) atoms. The number of nitro benzene ring substituents is 4. The number of hydrogen-bond donors (Lipinski definition) is 6. The average Bonchev–Trinajstić information content (AvgIpc) is 3.34. The number of rotatable bonds is 45. The molecule has 0 radical (unpaired) electrons. The molecule has 0 aliphatic heterocycles. The van der Waals surface area contributed by atoms with Crippen molar-refractivity contribution in [2.24, 2.45) is 0 Å². The quantitative estimate of drug-likeness (QED) is 0.0240. The zero-order valence-electron chi connectivity index (χ0n) is 38.8. The van der Waals surface area contributed by atoms with Crippen molar-refractivity contribution in [1.82, 2.24) is 10.6 Å². The second kappa shape index (κ2) is 37.6. The number of nitrogens with one attached hydrogen (secondary N) is 4. The summed E-state index contributed by atoms with van der Waals surface area (Å²) in [6.07, 6.45) is -0.250. The number of nitrogens with zero attached hydrogens (tertiary/aromatic N) is 4. The maximum Gasteiger partial charge on any atom is 0.327 e. The highest BCUT2D eigenvalue weighted by Gasteiger charge is 2.24. The van der Waals surface area contributed by atoms with Gasteiger partial charge in [-0.15, -0.1) is 0 Å². The van der Waals surface area contributed by atoms with Crippen LogP contribution in [0.1, 0.15) is 12.8 Å². The molecule has 0 aromatic heterocycles. The molecule has 30 nitrogen and oxygen atoms in total. The number of aliphatic carboxylic acids is 2. The Hall–Kier alpha value is -6.10. The summed E-state index contributed by atoms with van der Waals surface area (Å²) >= 11 is 0. The van der Waals surface area contributed by atoms with E-state index in [0.717, 1.165) is 45.9 Å². The summed E-state index contributed by atoms with van der Waals surface area (Å²) in [5.74, 6) is -3.92. The Morgan fingerprint density at radius 3 is 1.03 bits per heavy atom. The van der Waals surface area contributed by atoms with Crippen LogP contribution in [0.3, 0.4) is 0 Å². The number of ether oxygens (including phenoxy) is 8. The topological polar surface area (TPSA) is 403 Å². The number of carbonyl (C=O) groups excluding carboxylic acids is 2. The lowest BCUT2D eigenvalue weighted by Crippen LogP contribution is -2.43. The van der Waals surface area contributed by atoms with Crippen molar-refractivity contribution in [2.45, 2.75) is 24.9 Å². The van der Waals surface area contributed by atoms with Crippen LogP contribution in [0.5, 0.6) is 0 Å². The third kappa shape index (κ3) is 28.1. The summed E-state index contributed by atoms with van der Waals surface area (Å²) in [6, 6.07) is 4.05. The first-order valence-electron chi connectivity index (χ1n) is 21.8. The molecule has 0 saturated carbocycles. The van der Waals surface area contributed by atoms with Gasteiger partial charge < -0.3 is 69.4 Å². The minimum atomic E-state index is -1.29. The molecule has 2 aromatic rings. The van der Waals surface area contributed by atoms with Crippen LogP contribution in [0.4, 0.5) is 34.1 Å². The van der Waals surface area contributed by atoms with Crippen LogP contribution in [0.25, 0.3) is 0 Å². The van der Waals surface area contributed by atoms with Gasteiger partial charge in [0.15, 0.2) is 0 Å². The van der Waals surface area contributed by atoms with E-state index in [0.29, 0.717) is 0 Å². The molecule has 1 unspecified atom stereocenters. The average molecular weight is 1070 g/mol. The molecule has 0 saturated heterocycles. The zero-order chi connectivity index (χ0) is 52.9. The van der Waals surface area contributed by atoms with Crippen LogP contribution in [0.15, 0.2) is 36.4 Å². The molecule has 0 aliphatic rings. The Kier molecular flexibility index (Phi) is 32.4. The number of anilines is 2. The van der Waals surface area contributed by atoms with Gasteiger partial charge in [0.25, 0.3) is 22.7 Å². The van der Waals surface area contributed by atoms with E-state index >= 15 is 0 Å². The summed E-state index contributed by atoms with van der Waals surface area (Å²) in [4.78, 5) is 89.3. The number of carboxylic acid groups (broad SMARTS) is 2. The largest absolute Gasteiger partial charge is 0.480 e. The Balaban J connectivity index is 1.41. The number of nitro groups is 4. The molecule has 0 spiro atoms. The molecule has 402 valence electrons. The van der Waals surface area contributed by atoms with Crippen molar-refractivity contribution in [2.75, 3.05) is 141 Å². The summed E-state index contributed by atoms with van der Waals surface area (Å²) in [5, 5.41) is 73.6. The summed E-state index contributed by atoms with van der Waals surface area (Å²) in [6.45, 7) is 3.53. The zero-order valence-corrected chi connectivity index (χ0v) is 40.5. The standard InChI is InChI=1S/C40H58N8O22S2/c49-37(5-9-63-13-17-67-21-23-69-19-15-65-11-7-41-31-3-1-29(45(55)56)25-35(31)47(59)60)43-33(39(51)52)27-71-72-28-34(40(53)54)44-38(50)6-10-64-14-18-68-22-24-70-20-16-66-12-8-42-32-4-2-30(46(57)58)26-36(32)48(61)62/h1-4,25-26,33-34,41-42H,5-24,27-28H2,(H,43,49)(H,44,50)(H,51,52)(H,53,54)/t33-,34?/m0/s1. The second-order valence-electron chi connectivity index (χ2n) is 14.2. The lowest BCUT2D eigenvalue weighted by Gasteiger charge is -2.16. The fourth-order valence-electron chi connectivity index (χ4n) is 5.35. The molecular weight excluding hydrogens is 1010 g/mol. The van der Waals surface area contributed by atoms with Gasteiger partial charge in [0, 0.05) is 49.6 Å². The van der Waals surface area contributed by atoms with Gasteiger partial charge in [-0.3, -0.25) is 50.0 Å². The minimum Gasteiger partial charge on any atom is -0.480 e. The van der Waals surface area contributed by atoms with Crippen LogP contribution < -0.4 is 21.3 Å². The first kappa shape index (κ1) is 62.0. The van der Waals surface area contributed by atoms with Crippen molar-refractivity contribution >= 4 is 79.5 Å². The van der Waals surface area contributed by atoms with E-state index in [1.54, 1.807) is 0 Å². The van der Waals surface area contributed by atoms with Crippen LogP contribution in [-0.4, -0.2) is 196 Å². The summed E-state index contributed by atoms with van der Waals surface area (Å²) in [5.41, 5.74) is -1.37. The Morgan fingerprint density at radius 1 is 0.458 bits per heavy atom. The van der Waals surface area contributed by atoms with Crippen LogP contribution in [0.2, 0.25) is 0 Å². The molecule has 6 N–H and O–H groups in total. The SMILES string of the molecule is O=C(CCOCCOCCOCCOCCNc1ccc([N+](=O)[O-])cc1[N+](=O)[O-])NC(CSSC[C@H](NC(=O)CCOCCOCCOCCOCCNc1ccc([N+](=O)[O-])cc1[N+](=O)[O-])C(=O)O)C(=O)O. The predicted octanol–water partition coefficient (Wildman–Crippen LogP) is 2.28. The molecule has 0 heterocycles. The van der Waals surface area contributed by atoms with Crippen molar-refractivity contribution in [3.05, 3.63) is 76.9 Å². The number of carboxylic acids is 2. The van der Waals surface area contributed by atoms with Gasteiger partial charge in [-0.2, -0.15) is 0 Å². The third-order valence-corrected chi connectivity index (χ3v) is 11.3. The lowest BCUT2D eigenvalue weighted by atomic mass is 10.2. The molecule has 0 fully saturated rings. The Labute approximate surface area is 418 Å². The number of hydrogen-bond acceptors (Lipinski definition) is 24. The molecule has 2 rings (SSSR count). The first-order chi connectivity index (χ1) is 34.6. The van der Waals surface area contributed by atoms with Crippen LogP contribution >= 0.6 is 21.6 Å². The molecule has 0 bridgehead atoms. The molecule has 2 amide bonds. The van der Waals surface area contributed by atoms with Gasteiger partial charge >= 0.3 is 11.9 Å². The van der Waals surface area contributed by atoms with Gasteiger partial charge in [-0.1, -0.05) is 21.6 Å². The summed E-state index contributed by atoms with van der Waals surface area (Å²) in [7, 11) is 2.02. The predicted molar refractivity (Wildman–Crippen MR) is 256 cm³/mol. The highest BCUT2D eigenvalue weighted by molar-refractivity contribution is 8.76. The monoisotopic (exact) mass is 1070 g/mol. The summed E-state index contributed by atoms with van der Waals surface area (Å²) < 4.78 is 43.1. The maximum atomic E-state index is 12.3. The molecule has 0 aliphatic carbocycles. The minimum absolute atomic E-state index is 0.00403. The van der Waals surface area contributed by atoms with Crippen molar-refractivity contribution < 1.29 is 87.0 Å². The van der Waals surface area contributed by atoms with E-state index in [2.05, 4.69) is 21.3 Å². The molecule has 2 aromatic carbocycles. The van der Waals surface area contributed by atoms with Crippen molar-refractivity contribution in [3.63, 3.8) is 0 Å².